The molecule has 18 heavy (non-hydrogen) atoms. The number of benzene rings is 1. The molecule has 0 saturated heterocycles. The van der Waals surface area contributed by atoms with Crippen LogP contribution in [-0.2, 0) is 13.0 Å². The Hall–Kier alpha value is -1.95. The smallest absolute Gasteiger partial charge is 0.201 e. The summed E-state index contributed by atoms with van der Waals surface area (Å²) in [6, 6.07) is 4.49. The second-order valence-electron chi connectivity index (χ2n) is 3.93. The summed E-state index contributed by atoms with van der Waals surface area (Å²) in [5, 5.41) is 2.97. The molecule has 0 unspecified atom stereocenters. The molecule has 3 aromatic rings. The second-order valence-corrected chi connectivity index (χ2v) is 4.91. The molecule has 3 rings (SSSR count). The van der Waals surface area contributed by atoms with Gasteiger partial charge in [0.15, 0.2) is 0 Å². The molecule has 0 amide bonds. The van der Waals surface area contributed by atoms with Gasteiger partial charge in [-0.15, -0.1) is 11.3 Å². The van der Waals surface area contributed by atoms with E-state index in [9.17, 15) is 4.39 Å². The van der Waals surface area contributed by atoms with Crippen LogP contribution in [0.25, 0.3) is 11.0 Å². The average molecular weight is 262 g/mol. The topological polar surface area (TPSA) is 56.7 Å². The number of anilines is 1. The Bertz CT molecular complexity index is 675. The van der Waals surface area contributed by atoms with Gasteiger partial charge in [-0.05, 0) is 18.2 Å². The number of nitrogens with zero attached hydrogens (tertiary/aromatic N) is 3. The number of aromatic nitrogens is 3. The van der Waals surface area contributed by atoms with Crippen LogP contribution < -0.4 is 5.73 Å². The van der Waals surface area contributed by atoms with Gasteiger partial charge in [0.05, 0.1) is 16.0 Å². The fourth-order valence-electron chi connectivity index (χ4n) is 1.93. The van der Waals surface area contributed by atoms with Crippen LogP contribution in [0.15, 0.2) is 29.8 Å². The summed E-state index contributed by atoms with van der Waals surface area (Å²) in [6.45, 7) is 0.652. The van der Waals surface area contributed by atoms with Gasteiger partial charge in [-0.1, -0.05) is 0 Å². The van der Waals surface area contributed by atoms with Gasteiger partial charge in [0.25, 0.3) is 0 Å². The molecular weight excluding hydrogens is 251 g/mol. The summed E-state index contributed by atoms with van der Waals surface area (Å²) in [5.41, 5.74) is 7.30. The van der Waals surface area contributed by atoms with E-state index in [2.05, 4.69) is 9.97 Å². The van der Waals surface area contributed by atoms with E-state index in [-0.39, 0.29) is 5.82 Å². The lowest BCUT2D eigenvalue weighted by molar-refractivity contribution is 0.627. The number of nitrogen functional groups attached to an aromatic ring is 1. The molecule has 1 aromatic carbocycles. The molecule has 6 heteroatoms. The van der Waals surface area contributed by atoms with Crippen molar-refractivity contribution in [3.8, 4) is 0 Å². The third-order valence-electron chi connectivity index (χ3n) is 2.77. The number of fused-ring (bicyclic) bond motifs is 1. The molecule has 0 saturated carbocycles. The third kappa shape index (κ3) is 1.95. The lowest BCUT2D eigenvalue weighted by atomic mass is 10.3. The number of thiazole rings is 1. The SMILES string of the molecule is Nc1nc2ccc(F)cc2n1CCc1nccs1. The maximum absolute atomic E-state index is 13.2. The minimum absolute atomic E-state index is 0.280. The number of aryl methyl sites for hydroxylation is 2. The van der Waals surface area contributed by atoms with Gasteiger partial charge in [0.1, 0.15) is 5.82 Å². The van der Waals surface area contributed by atoms with E-state index in [1.54, 1.807) is 23.6 Å². The predicted molar refractivity (Wildman–Crippen MR) is 69.9 cm³/mol. The first-order valence-corrected chi connectivity index (χ1v) is 6.41. The van der Waals surface area contributed by atoms with Crippen molar-refractivity contribution in [2.45, 2.75) is 13.0 Å². The highest BCUT2D eigenvalue weighted by atomic mass is 32.1. The van der Waals surface area contributed by atoms with E-state index in [0.29, 0.717) is 18.0 Å². The summed E-state index contributed by atoms with van der Waals surface area (Å²) < 4.78 is 15.1. The second kappa shape index (κ2) is 4.38. The Kier molecular flexibility index (Phi) is 2.71. The normalized spacial score (nSPS) is 11.2. The number of hydrogen-bond acceptors (Lipinski definition) is 4. The van der Waals surface area contributed by atoms with Crippen molar-refractivity contribution in [2.24, 2.45) is 0 Å². The van der Waals surface area contributed by atoms with Crippen molar-refractivity contribution in [1.29, 1.82) is 0 Å². The monoisotopic (exact) mass is 262 g/mol. The zero-order valence-electron chi connectivity index (χ0n) is 9.51. The molecule has 2 aromatic heterocycles. The van der Waals surface area contributed by atoms with Crippen LogP contribution in [0.2, 0.25) is 0 Å². The third-order valence-corrected chi connectivity index (χ3v) is 3.61. The molecule has 0 radical (unpaired) electrons. The number of halogens is 1. The van der Waals surface area contributed by atoms with Gasteiger partial charge in [-0.3, -0.25) is 0 Å². The Morgan fingerprint density at radius 3 is 3.06 bits per heavy atom. The zero-order valence-corrected chi connectivity index (χ0v) is 10.3. The number of nitrogens with two attached hydrogens (primary N) is 1. The first-order chi connectivity index (χ1) is 8.74. The molecule has 4 nitrogen and oxygen atoms in total. The van der Waals surface area contributed by atoms with Crippen LogP contribution >= 0.6 is 11.3 Å². The number of hydrogen-bond donors (Lipinski definition) is 1. The van der Waals surface area contributed by atoms with Crippen LogP contribution in [0.5, 0.6) is 0 Å². The summed E-state index contributed by atoms with van der Waals surface area (Å²) in [7, 11) is 0. The largest absolute Gasteiger partial charge is 0.369 e. The Morgan fingerprint density at radius 2 is 2.28 bits per heavy atom. The van der Waals surface area contributed by atoms with Crippen molar-refractivity contribution >= 4 is 28.3 Å². The van der Waals surface area contributed by atoms with Gasteiger partial charge in [0, 0.05) is 24.5 Å². The summed E-state index contributed by atoms with van der Waals surface area (Å²) in [5.74, 6) is 0.130. The molecule has 0 aliphatic rings. The van der Waals surface area contributed by atoms with Gasteiger partial charge < -0.3 is 10.3 Å². The summed E-state index contributed by atoms with van der Waals surface area (Å²) in [6.07, 6.45) is 2.54. The molecule has 0 spiro atoms. The first kappa shape index (κ1) is 11.2. The van der Waals surface area contributed by atoms with Crippen LogP contribution in [0.4, 0.5) is 10.3 Å². The van der Waals surface area contributed by atoms with Crippen LogP contribution in [0.3, 0.4) is 0 Å². The highest BCUT2D eigenvalue weighted by Gasteiger charge is 2.09. The van der Waals surface area contributed by atoms with Gasteiger partial charge in [-0.25, -0.2) is 14.4 Å². The maximum atomic E-state index is 13.2. The zero-order chi connectivity index (χ0) is 12.5. The number of imidazole rings is 1. The number of rotatable bonds is 3. The van der Waals surface area contributed by atoms with Crippen LogP contribution in [0.1, 0.15) is 5.01 Å². The molecule has 0 aliphatic carbocycles. The van der Waals surface area contributed by atoms with E-state index in [4.69, 9.17) is 5.73 Å². The molecule has 0 aliphatic heterocycles. The highest BCUT2D eigenvalue weighted by Crippen LogP contribution is 2.19. The maximum Gasteiger partial charge on any atom is 0.201 e. The fourth-order valence-corrected chi connectivity index (χ4v) is 2.54. The molecule has 92 valence electrons. The van der Waals surface area contributed by atoms with E-state index in [1.807, 2.05) is 9.95 Å². The summed E-state index contributed by atoms with van der Waals surface area (Å²) >= 11 is 1.60. The molecular formula is C12H11FN4S. The Morgan fingerprint density at radius 1 is 1.39 bits per heavy atom. The van der Waals surface area contributed by atoms with Crippen LogP contribution in [0, 0.1) is 5.82 Å². The molecule has 2 N–H and O–H groups in total. The standard InChI is InChI=1S/C12H11FN4S/c13-8-1-2-9-10(7-8)17(12(14)16-9)5-3-11-15-4-6-18-11/h1-2,4,6-7H,3,5H2,(H2,14,16). The van der Waals surface area contributed by atoms with Crippen molar-refractivity contribution < 1.29 is 4.39 Å². The Labute approximate surface area is 107 Å². The minimum atomic E-state index is -0.280. The van der Waals surface area contributed by atoms with Gasteiger partial charge in [0.2, 0.25) is 5.95 Å². The lowest BCUT2D eigenvalue weighted by Gasteiger charge is -2.04. The predicted octanol–water partition coefficient (Wildman–Crippen LogP) is 2.46. The van der Waals surface area contributed by atoms with Crippen molar-refractivity contribution in [1.82, 2.24) is 14.5 Å². The van der Waals surface area contributed by atoms with E-state index in [0.717, 1.165) is 16.9 Å². The molecule has 2 heterocycles. The molecule has 0 fully saturated rings. The highest BCUT2D eigenvalue weighted by molar-refractivity contribution is 7.09. The first-order valence-electron chi connectivity index (χ1n) is 5.53. The Balaban J connectivity index is 1.95. The average Bonchev–Trinajstić information content (AvgIpc) is 2.94. The molecule has 0 bridgehead atoms. The van der Waals surface area contributed by atoms with Crippen LogP contribution in [-0.4, -0.2) is 14.5 Å². The van der Waals surface area contributed by atoms with Crippen molar-refractivity contribution in [3.63, 3.8) is 0 Å². The van der Waals surface area contributed by atoms with Crippen molar-refractivity contribution in [2.75, 3.05) is 5.73 Å². The van der Waals surface area contributed by atoms with Gasteiger partial charge in [-0.2, -0.15) is 0 Å². The van der Waals surface area contributed by atoms with E-state index in [1.165, 1.54) is 12.1 Å². The van der Waals surface area contributed by atoms with Crippen molar-refractivity contribution in [3.05, 3.63) is 40.6 Å². The lowest BCUT2D eigenvalue weighted by Crippen LogP contribution is -2.05. The quantitative estimate of drug-likeness (QED) is 0.788. The van der Waals surface area contributed by atoms with E-state index < -0.39 is 0 Å². The summed E-state index contributed by atoms with van der Waals surface area (Å²) in [4.78, 5) is 8.42. The molecule has 0 atom stereocenters. The minimum Gasteiger partial charge on any atom is -0.369 e. The van der Waals surface area contributed by atoms with Gasteiger partial charge >= 0.3 is 0 Å². The van der Waals surface area contributed by atoms with E-state index >= 15 is 0 Å². The fraction of sp³-hybridized carbons (Fsp3) is 0.167.